The summed E-state index contributed by atoms with van der Waals surface area (Å²) in [5, 5.41) is 11.2. The molecule has 0 radical (unpaired) electrons. The van der Waals surface area contributed by atoms with Gasteiger partial charge in [-0.15, -0.1) is 5.10 Å². The van der Waals surface area contributed by atoms with Crippen LogP contribution in [0.15, 0.2) is 84.9 Å². The molecule has 0 saturated carbocycles. The minimum Gasteiger partial charge on any atom is -0.213 e. The first-order valence-electron chi connectivity index (χ1n) is 8.82. The Morgan fingerprint density at radius 3 is 2.48 bits per heavy atom. The highest BCUT2D eigenvalue weighted by atomic mass is 127. The van der Waals surface area contributed by atoms with E-state index in [1.165, 1.54) is 27.5 Å². The van der Waals surface area contributed by atoms with Gasteiger partial charge in [0.15, 0.2) is 0 Å². The van der Waals surface area contributed by atoms with Crippen LogP contribution in [0.4, 0.5) is 0 Å². The lowest BCUT2D eigenvalue weighted by Crippen LogP contribution is -1.98. The zero-order valence-electron chi connectivity index (χ0n) is 14.5. The molecule has 0 atom stereocenters. The average molecular weight is 461 g/mol. The summed E-state index contributed by atoms with van der Waals surface area (Å²) in [5.41, 5.74) is 6.78. The SMILES string of the molecule is ICc1cc(-n2nnc3ccccc32)ccc1-c1ccc2ccccc2c1. The topological polar surface area (TPSA) is 30.7 Å². The van der Waals surface area contributed by atoms with Crippen LogP contribution in [-0.2, 0) is 4.43 Å². The summed E-state index contributed by atoms with van der Waals surface area (Å²) in [6.45, 7) is 0. The van der Waals surface area contributed by atoms with Gasteiger partial charge >= 0.3 is 0 Å². The van der Waals surface area contributed by atoms with Crippen LogP contribution in [0.2, 0.25) is 0 Å². The predicted octanol–water partition coefficient (Wildman–Crippen LogP) is 6.18. The van der Waals surface area contributed by atoms with Crippen LogP contribution in [0.1, 0.15) is 5.56 Å². The van der Waals surface area contributed by atoms with Gasteiger partial charge in [0.05, 0.1) is 11.2 Å². The van der Waals surface area contributed by atoms with Crippen LogP contribution in [0.5, 0.6) is 0 Å². The van der Waals surface area contributed by atoms with E-state index < -0.39 is 0 Å². The second kappa shape index (κ2) is 6.78. The second-order valence-corrected chi connectivity index (χ2v) is 7.29. The first-order chi connectivity index (χ1) is 13.3. The van der Waals surface area contributed by atoms with Gasteiger partial charge in [0.25, 0.3) is 0 Å². The first-order valence-corrected chi connectivity index (χ1v) is 10.3. The number of fused-ring (bicyclic) bond motifs is 2. The molecular weight excluding hydrogens is 445 g/mol. The fraction of sp³-hybridized carbons (Fsp3) is 0.0435. The summed E-state index contributed by atoms with van der Waals surface area (Å²) in [6, 6.07) is 29.7. The van der Waals surface area contributed by atoms with Gasteiger partial charge in [0, 0.05) is 4.43 Å². The summed E-state index contributed by atoms with van der Waals surface area (Å²) in [4.78, 5) is 0. The molecule has 27 heavy (non-hydrogen) atoms. The standard InChI is InChI=1S/C23H16IN3/c24-15-19-14-20(27-23-8-4-3-7-22(23)25-26-27)11-12-21(19)18-10-9-16-5-1-2-6-17(16)13-18/h1-14H,15H2. The van der Waals surface area contributed by atoms with E-state index >= 15 is 0 Å². The van der Waals surface area contributed by atoms with Crippen molar-refractivity contribution in [1.29, 1.82) is 0 Å². The van der Waals surface area contributed by atoms with Gasteiger partial charge in [0.2, 0.25) is 0 Å². The average Bonchev–Trinajstić information content (AvgIpc) is 3.17. The van der Waals surface area contributed by atoms with Crippen LogP contribution >= 0.6 is 22.6 Å². The smallest absolute Gasteiger partial charge is 0.113 e. The Hall–Kier alpha value is -2.73. The Morgan fingerprint density at radius 1 is 0.778 bits per heavy atom. The molecule has 0 bridgehead atoms. The molecule has 0 saturated heterocycles. The molecule has 0 spiro atoms. The van der Waals surface area contributed by atoms with E-state index in [0.717, 1.165) is 21.1 Å². The molecule has 4 aromatic carbocycles. The van der Waals surface area contributed by atoms with Crippen molar-refractivity contribution in [2.24, 2.45) is 0 Å². The second-order valence-electron chi connectivity index (χ2n) is 6.53. The van der Waals surface area contributed by atoms with Gasteiger partial charge < -0.3 is 0 Å². The van der Waals surface area contributed by atoms with Crippen molar-refractivity contribution in [3.05, 3.63) is 90.5 Å². The molecule has 0 amide bonds. The van der Waals surface area contributed by atoms with Crippen LogP contribution in [-0.4, -0.2) is 15.0 Å². The maximum Gasteiger partial charge on any atom is 0.113 e. The molecule has 0 aliphatic carbocycles. The number of aromatic nitrogens is 3. The van der Waals surface area contributed by atoms with Gasteiger partial charge in [0.1, 0.15) is 5.52 Å². The molecule has 0 aliphatic rings. The predicted molar refractivity (Wildman–Crippen MR) is 120 cm³/mol. The third-order valence-corrected chi connectivity index (χ3v) is 5.71. The monoisotopic (exact) mass is 461 g/mol. The number of nitrogens with zero attached hydrogens (tertiary/aromatic N) is 3. The Kier molecular flexibility index (Phi) is 4.13. The summed E-state index contributed by atoms with van der Waals surface area (Å²) < 4.78 is 2.84. The minimum atomic E-state index is 0.909. The molecule has 4 heteroatoms. The molecule has 0 aliphatic heterocycles. The van der Waals surface area contributed by atoms with E-state index in [9.17, 15) is 0 Å². The van der Waals surface area contributed by atoms with E-state index in [1.54, 1.807) is 0 Å². The van der Waals surface area contributed by atoms with E-state index in [4.69, 9.17) is 0 Å². The highest BCUT2D eigenvalue weighted by Gasteiger charge is 2.10. The molecule has 3 nitrogen and oxygen atoms in total. The fourth-order valence-electron chi connectivity index (χ4n) is 3.52. The van der Waals surface area contributed by atoms with Crippen molar-refractivity contribution in [1.82, 2.24) is 15.0 Å². The van der Waals surface area contributed by atoms with Gasteiger partial charge in [-0.1, -0.05) is 82.4 Å². The highest BCUT2D eigenvalue weighted by molar-refractivity contribution is 14.1. The summed E-state index contributed by atoms with van der Waals surface area (Å²) in [7, 11) is 0. The summed E-state index contributed by atoms with van der Waals surface area (Å²) in [5.74, 6) is 0. The Labute approximate surface area is 170 Å². The molecular formula is C23H16IN3. The number of hydrogen-bond acceptors (Lipinski definition) is 2. The molecule has 0 N–H and O–H groups in total. The fourth-order valence-corrected chi connectivity index (χ4v) is 4.15. The van der Waals surface area contributed by atoms with Crippen molar-refractivity contribution in [3.63, 3.8) is 0 Å². The number of rotatable bonds is 3. The quantitative estimate of drug-likeness (QED) is 0.238. The van der Waals surface area contributed by atoms with Crippen molar-refractivity contribution >= 4 is 44.4 Å². The third kappa shape index (κ3) is 2.90. The zero-order chi connectivity index (χ0) is 18.2. The van der Waals surface area contributed by atoms with Crippen LogP contribution in [0.3, 0.4) is 0 Å². The van der Waals surface area contributed by atoms with Gasteiger partial charge in [-0.05, 0) is 57.8 Å². The number of alkyl halides is 1. The Morgan fingerprint density at radius 2 is 1.59 bits per heavy atom. The van der Waals surface area contributed by atoms with Gasteiger partial charge in [-0.25, -0.2) is 4.68 Å². The number of hydrogen-bond donors (Lipinski definition) is 0. The lowest BCUT2D eigenvalue weighted by molar-refractivity contribution is 0.823. The van der Waals surface area contributed by atoms with Crippen LogP contribution in [0, 0.1) is 0 Å². The molecule has 1 heterocycles. The van der Waals surface area contributed by atoms with Crippen molar-refractivity contribution in [3.8, 4) is 16.8 Å². The van der Waals surface area contributed by atoms with Gasteiger partial charge in [-0.3, -0.25) is 0 Å². The highest BCUT2D eigenvalue weighted by Crippen LogP contribution is 2.30. The molecule has 130 valence electrons. The lowest BCUT2D eigenvalue weighted by atomic mass is 9.97. The van der Waals surface area contributed by atoms with E-state index in [0.29, 0.717) is 0 Å². The summed E-state index contributed by atoms with van der Waals surface area (Å²) >= 11 is 2.43. The molecule has 5 aromatic rings. The maximum atomic E-state index is 4.35. The number of benzene rings is 4. The van der Waals surface area contributed by atoms with Crippen molar-refractivity contribution in [2.45, 2.75) is 4.43 Å². The molecule has 5 rings (SSSR count). The molecule has 1 aromatic heterocycles. The first kappa shape index (κ1) is 16.4. The third-order valence-electron chi connectivity index (χ3n) is 4.89. The lowest BCUT2D eigenvalue weighted by Gasteiger charge is -2.12. The van der Waals surface area contributed by atoms with E-state index in [-0.39, 0.29) is 0 Å². The normalized spacial score (nSPS) is 11.3. The molecule has 0 fully saturated rings. The summed E-state index contributed by atoms with van der Waals surface area (Å²) in [6.07, 6.45) is 0. The van der Waals surface area contributed by atoms with Crippen LogP contribution < -0.4 is 0 Å². The Bertz CT molecular complexity index is 1270. The van der Waals surface area contributed by atoms with Crippen LogP contribution in [0.25, 0.3) is 38.6 Å². The van der Waals surface area contributed by atoms with Gasteiger partial charge in [-0.2, -0.15) is 0 Å². The zero-order valence-corrected chi connectivity index (χ0v) is 16.7. The maximum absolute atomic E-state index is 4.35. The molecule has 0 unspecified atom stereocenters. The van der Waals surface area contributed by atoms with E-state index in [2.05, 4.69) is 99.6 Å². The Balaban J connectivity index is 1.64. The van der Waals surface area contributed by atoms with Crippen molar-refractivity contribution in [2.75, 3.05) is 0 Å². The van der Waals surface area contributed by atoms with Crippen molar-refractivity contribution < 1.29 is 0 Å². The minimum absolute atomic E-state index is 0.909. The largest absolute Gasteiger partial charge is 0.213 e. The number of halogens is 1. The van der Waals surface area contributed by atoms with E-state index in [1.807, 2.05) is 22.9 Å². The number of para-hydroxylation sites is 1.